The lowest BCUT2D eigenvalue weighted by molar-refractivity contribution is -0.0915. The molecule has 3 heterocycles. The summed E-state index contributed by atoms with van der Waals surface area (Å²) in [6.45, 7) is 3.42. The van der Waals surface area contributed by atoms with E-state index in [1.807, 2.05) is 0 Å². The Kier molecular flexibility index (Phi) is 8.04. The monoisotopic (exact) mass is 499 g/mol. The third-order valence-corrected chi connectivity index (χ3v) is 5.60. The van der Waals surface area contributed by atoms with Gasteiger partial charge in [-0.05, 0) is 25.0 Å². The molecular weight excluding hydrogens is 473 g/mol. The minimum Gasteiger partial charge on any atom is -0.438 e. The fourth-order valence-corrected chi connectivity index (χ4v) is 3.99. The van der Waals surface area contributed by atoms with Crippen LogP contribution >= 0.6 is 0 Å². The van der Waals surface area contributed by atoms with Crippen molar-refractivity contribution in [1.29, 1.82) is 0 Å². The number of halogens is 5. The summed E-state index contributed by atoms with van der Waals surface area (Å²) < 4.78 is 72.8. The summed E-state index contributed by atoms with van der Waals surface area (Å²) in [6, 6.07) is 4.31. The average Bonchev–Trinajstić information content (AvgIpc) is 3.17. The van der Waals surface area contributed by atoms with Crippen LogP contribution in [0.1, 0.15) is 36.6 Å². The van der Waals surface area contributed by atoms with Crippen LogP contribution in [0.5, 0.6) is 0 Å². The van der Waals surface area contributed by atoms with Gasteiger partial charge in [0.15, 0.2) is 17.3 Å². The molecule has 1 aliphatic heterocycles. The maximum atomic E-state index is 14.5. The van der Waals surface area contributed by atoms with Crippen LogP contribution in [0.3, 0.4) is 0 Å². The second-order valence-corrected chi connectivity index (χ2v) is 8.33. The number of aromatic nitrogens is 2. The minimum absolute atomic E-state index is 0.0489. The standard InChI is InChI=1S/C23H26F5N5O2/c1-4-16(23(26,27)28)10-29-13-30-11-18-14(2)9-22(24,25)12-33(18)21(34)19-20(35-15(3)32-19)17-7-5-6-8-31-17/h4-8,10,14,18,30H,9,11-13H2,1-3H3/b16-4+,29-10?/t14?,18-/m1/s1. The van der Waals surface area contributed by atoms with Crippen molar-refractivity contribution in [3.05, 3.63) is 47.6 Å². The summed E-state index contributed by atoms with van der Waals surface area (Å²) in [7, 11) is 0. The molecule has 190 valence electrons. The normalized spacial score (nSPS) is 21.0. The fourth-order valence-electron chi connectivity index (χ4n) is 3.99. The van der Waals surface area contributed by atoms with E-state index in [1.54, 1.807) is 25.1 Å². The highest BCUT2D eigenvalue weighted by molar-refractivity contribution is 5.97. The molecule has 1 N–H and O–H groups in total. The van der Waals surface area contributed by atoms with E-state index in [2.05, 4.69) is 20.3 Å². The zero-order valence-electron chi connectivity index (χ0n) is 19.4. The van der Waals surface area contributed by atoms with E-state index in [0.717, 1.165) is 11.0 Å². The van der Waals surface area contributed by atoms with Crippen LogP contribution < -0.4 is 5.32 Å². The van der Waals surface area contributed by atoms with Crippen molar-refractivity contribution in [2.45, 2.75) is 45.3 Å². The third-order valence-electron chi connectivity index (χ3n) is 5.60. The molecule has 3 rings (SSSR count). The summed E-state index contributed by atoms with van der Waals surface area (Å²) in [5, 5.41) is 2.84. The van der Waals surface area contributed by atoms with Gasteiger partial charge in [-0.25, -0.2) is 13.8 Å². The molecule has 0 spiro atoms. The number of aryl methyl sites for hydroxylation is 1. The van der Waals surface area contributed by atoms with Crippen molar-refractivity contribution in [3.8, 4) is 11.5 Å². The molecule has 2 aromatic rings. The molecule has 0 radical (unpaired) electrons. The van der Waals surface area contributed by atoms with Crippen molar-refractivity contribution in [3.63, 3.8) is 0 Å². The first kappa shape index (κ1) is 26.5. The molecule has 12 heteroatoms. The van der Waals surface area contributed by atoms with Crippen molar-refractivity contribution < 1.29 is 31.2 Å². The maximum absolute atomic E-state index is 14.5. The first-order valence-electron chi connectivity index (χ1n) is 10.9. The Morgan fingerprint density at radius 3 is 2.74 bits per heavy atom. The van der Waals surface area contributed by atoms with E-state index in [0.29, 0.717) is 11.9 Å². The molecule has 1 aliphatic rings. The van der Waals surface area contributed by atoms with E-state index in [4.69, 9.17) is 4.42 Å². The molecule has 1 saturated heterocycles. The van der Waals surface area contributed by atoms with E-state index in [1.165, 1.54) is 20.0 Å². The molecule has 0 aliphatic carbocycles. The van der Waals surface area contributed by atoms with Crippen molar-refractivity contribution in [1.82, 2.24) is 20.2 Å². The highest BCUT2D eigenvalue weighted by Crippen LogP contribution is 2.36. The number of amides is 1. The number of nitrogens with one attached hydrogen (secondary N) is 1. The molecule has 2 aromatic heterocycles. The molecule has 35 heavy (non-hydrogen) atoms. The number of hydrogen-bond acceptors (Lipinski definition) is 6. The molecule has 1 unspecified atom stereocenters. The highest BCUT2D eigenvalue weighted by Gasteiger charge is 2.47. The third kappa shape index (κ3) is 6.50. The van der Waals surface area contributed by atoms with Crippen molar-refractivity contribution in [2.24, 2.45) is 10.9 Å². The van der Waals surface area contributed by atoms with Gasteiger partial charge in [0.25, 0.3) is 11.8 Å². The Balaban J connectivity index is 1.79. The van der Waals surface area contributed by atoms with Gasteiger partial charge in [0.05, 0.1) is 18.8 Å². The lowest BCUT2D eigenvalue weighted by atomic mass is 9.88. The van der Waals surface area contributed by atoms with Crippen LogP contribution in [0.4, 0.5) is 22.0 Å². The van der Waals surface area contributed by atoms with Crippen LogP contribution in [0, 0.1) is 12.8 Å². The highest BCUT2D eigenvalue weighted by atomic mass is 19.4. The lowest BCUT2D eigenvalue weighted by Crippen LogP contribution is -2.58. The first-order chi connectivity index (χ1) is 16.4. The van der Waals surface area contributed by atoms with E-state index < -0.39 is 48.5 Å². The van der Waals surface area contributed by atoms with Crippen LogP contribution in [0.2, 0.25) is 0 Å². The number of pyridine rings is 1. The molecular formula is C23H26F5N5O2. The van der Waals surface area contributed by atoms with Gasteiger partial charge in [0.1, 0.15) is 5.69 Å². The second-order valence-electron chi connectivity index (χ2n) is 8.33. The van der Waals surface area contributed by atoms with Crippen molar-refractivity contribution in [2.75, 3.05) is 19.8 Å². The summed E-state index contributed by atoms with van der Waals surface area (Å²) in [4.78, 5) is 26.5. The van der Waals surface area contributed by atoms with Gasteiger partial charge in [-0.1, -0.05) is 19.1 Å². The number of alkyl halides is 5. The SMILES string of the molecule is C/C=C(\C=NCNC[C@@H]1C(C)CC(F)(F)CN1C(=O)c1nc(C)oc1-c1ccccn1)C(F)(F)F. The molecule has 2 atom stereocenters. The first-order valence-corrected chi connectivity index (χ1v) is 10.9. The second kappa shape index (κ2) is 10.6. The summed E-state index contributed by atoms with van der Waals surface area (Å²) in [5.74, 6) is -4.19. The summed E-state index contributed by atoms with van der Waals surface area (Å²) in [6.07, 6.45) is -1.86. The average molecular weight is 499 g/mol. The number of rotatable bonds is 7. The Hall–Kier alpha value is -3.15. The van der Waals surface area contributed by atoms with E-state index in [9.17, 15) is 26.7 Å². The topological polar surface area (TPSA) is 83.6 Å². The smallest absolute Gasteiger partial charge is 0.417 e. The number of carbonyl (C=O) groups excluding carboxylic acids is 1. The summed E-state index contributed by atoms with van der Waals surface area (Å²) >= 11 is 0. The van der Waals surface area contributed by atoms with Crippen molar-refractivity contribution >= 4 is 12.1 Å². The molecule has 1 fully saturated rings. The zero-order chi connectivity index (χ0) is 25.8. The Bertz CT molecular complexity index is 1080. The number of piperidine rings is 1. The maximum Gasteiger partial charge on any atom is 0.417 e. The number of allylic oxidation sites excluding steroid dienone is 2. The quantitative estimate of drug-likeness (QED) is 0.341. The molecule has 0 saturated carbocycles. The Labute approximate surface area is 199 Å². The largest absolute Gasteiger partial charge is 0.438 e. The number of oxazole rings is 1. The number of hydrogen-bond donors (Lipinski definition) is 1. The number of likely N-dealkylation sites (tertiary alicyclic amines) is 1. The molecule has 0 aromatic carbocycles. The Morgan fingerprint density at radius 1 is 1.37 bits per heavy atom. The van der Waals surface area contributed by atoms with E-state index in [-0.39, 0.29) is 30.6 Å². The van der Waals surface area contributed by atoms with Gasteiger partial charge in [-0.2, -0.15) is 13.2 Å². The fraction of sp³-hybridized carbons (Fsp3) is 0.478. The number of nitrogens with zero attached hydrogens (tertiary/aromatic N) is 4. The van der Waals surface area contributed by atoms with Crippen LogP contribution in [-0.4, -0.2) is 64.9 Å². The predicted octanol–water partition coefficient (Wildman–Crippen LogP) is 4.66. The van der Waals surface area contributed by atoms with Gasteiger partial charge in [0.2, 0.25) is 0 Å². The summed E-state index contributed by atoms with van der Waals surface area (Å²) in [5.41, 5.74) is -0.691. The van der Waals surface area contributed by atoms with Gasteiger partial charge in [-0.3, -0.25) is 20.1 Å². The van der Waals surface area contributed by atoms with E-state index >= 15 is 0 Å². The van der Waals surface area contributed by atoms with Gasteiger partial charge in [0, 0.05) is 38.3 Å². The Morgan fingerprint density at radius 2 is 2.11 bits per heavy atom. The molecule has 1 amide bonds. The van der Waals surface area contributed by atoms with Crippen LogP contribution in [0.15, 0.2) is 45.5 Å². The van der Waals surface area contributed by atoms with Gasteiger partial charge in [-0.15, -0.1) is 0 Å². The lowest BCUT2D eigenvalue weighted by Gasteiger charge is -2.43. The number of aliphatic imine (C=N–C) groups is 1. The number of carbonyl (C=O) groups is 1. The molecule has 0 bridgehead atoms. The zero-order valence-corrected chi connectivity index (χ0v) is 19.4. The van der Waals surface area contributed by atoms with Crippen LogP contribution in [-0.2, 0) is 0 Å². The van der Waals surface area contributed by atoms with Gasteiger partial charge < -0.3 is 9.32 Å². The van der Waals surface area contributed by atoms with Crippen LogP contribution in [0.25, 0.3) is 11.5 Å². The predicted molar refractivity (Wildman–Crippen MR) is 119 cm³/mol. The minimum atomic E-state index is -4.52. The molecule has 7 nitrogen and oxygen atoms in total. The van der Waals surface area contributed by atoms with Gasteiger partial charge >= 0.3 is 6.18 Å².